The number of nitrogens with one attached hydrogen (secondary N) is 2. The number of hydrogen-bond acceptors (Lipinski definition) is 6. The lowest BCUT2D eigenvalue weighted by atomic mass is 10.0. The third-order valence-electron chi connectivity index (χ3n) is 4.35. The maximum Gasteiger partial charge on any atom is 0.290 e. The highest BCUT2D eigenvalue weighted by Crippen LogP contribution is 2.17. The van der Waals surface area contributed by atoms with Crippen molar-refractivity contribution in [3.05, 3.63) is 51.4 Å². The van der Waals surface area contributed by atoms with Crippen LogP contribution in [0.3, 0.4) is 0 Å². The molecule has 3 heterocycles. The summed E-state index contributed by atoms with van der Waals surface area (Å²) in [5, 5.41) is 7.24. The lowest BCUT2D eigenvalue weighted by molar-refractivity contribution is 0.148. The highest BCUT2D eigenvalue weighted by molar-refractivity contribution is 5.30. The Balaban J connectivity index is 1.59. The van der Waals surface area contributed by atoms with Crippen LogP contribution in [0.15, 0.2) is 40.3 Å². The molecule has 0 radical (unpaired) electrons. The van der Waals surface area contributed by atoms with Crippen molar-refractivity contribution in [2.75, 3.05) is 25.0 Å². The second-order valence-electron chi connectivity index (χ2n) is 5.92. The lowest BCUT2D eigenvalue weighted by Gasteiger charge is -2.35. The van der Waals surface area contributed by atoms with E-state index in [-0.39, 0.29) is 11.1 Å². The van der Waals surface area contributed by atoms with E-state index in [0.29, 0.717) is 24.9 Å². The Morgan fingerprint density at radius 1 is 1.25 bits per heavy atom. The molecule has 1 aliphatic heterocycles. The Kier molecular flexibility index (Phi) is 5.37. The topological polar surface area (TPSA) is 95.9 Å². The van der Waals surface area contributed by atoms with Crippen LogP contribution in [-0.2, 0) is 6.54 Å². The van der Waals surface area contributed by atoms with Crippen LogP contribution in [-0.4, -0.2) is 50.3 Å². The Labute approximate surface area is 139 Å². The highest BCUT2D eigenvalue weighted by atomic mass is 16.1. The van der Waals surface area contributed by atoms with Crippen LogP contribution >= 0.6 is 0 Å². The predicted molar refractivity (Wildman–Crippen MR) is 91.1 cm³/mol. The molecule has 8 heteroatoms. The molecule has 0 bridgehead atoms. The molecule has 1 atom stereocenters. The van der Waals surface area contributed by atoms with E-state index in [2.05, 4.69) is 25.3 Å². The number of anilines is 1. The van der Waals surface area contributed by atoms with Crippen molar-refractivity contribution in [2.45, 2.75) is 31.8 Å². The molecule has 2 aromatic rings. The molecule has 1 saturated heterocycles. The zero-order chi connectivity index (χ0) is 16.8. The van der Waals surface area contributed by atoms with Crippen molar-refractivity contribution >= 4 is 5.82 Å². The average Bonchev–Trinajstić information content (AvgIpc) is 2.61. The maximum absolute atomic E-state index is 11.7. The molecule has 24 heavy (non-hydrogen) atoms. The van der Waals surface area contributed by atoms with Gasteiger partial charge in [-0.15, -0.1) is 0 Å². The summed E-state index contributed by atoms with van der Waals surface area (Å²) in [6, 6.07) is 3.49. The van der Waals surface area contributed by atoms with Gasteiger partial charge in [0.05, 0.1) is 6.54 Å². The van der Waals surface area contributed by atoms with E-state index in [1.807, 2.05) is 0 Å². The fourth-order valence-corrected chi connectivity index (χ4v) is 3.06. The van der Waals surface area contributed by atoms with Crippen LogP contribution in [0.1, 0.15) is 19.3 Å². The van der Waals surface area contributed by atoms with Gasteiger partial charge in [-0.1, -0.05) is 6.42 Å². The first kappa shape index (κ1) is 16.4. The summed E-state index contributed by atoms with van der Waals surface area (Å²) in [5.41, 5.74) is -0.288. The molecule has 0 aromatic carbocycles. The van der Waals surface area contributed by atoms with Gasteiger partial charge in [-0.2, -0.15) is 5.10 Å². The first-order valence-corrected chi connectivity index (χ1v) is 8.28. The van der Waals surface area contributed by atoms with Gasteiger partial charge in [0.25, 0.3) is 11.1 Å². The van der Waals surface area contributed by atoms with Gasteiger partial charge in [0.1, 0.15) is 0 Å². The van der Waals surface area contributed by atoms with Crippen LogP contribution in [0.25, 0.3) is 0 Å². The van der Waals surface area contributed by atoms with Crippen molar-refractivity contribution in [2.24, 2.45) is 0 Å². The summed E-state index contributed by atoms with van der Waals surface area (Å²) in [6.07, 6.45) is 8.10. The minimum atomic E-state index is -0.208. The summed E-state index contributed by atoms with van der Waals surface area (Å²) in [5.74, 6) is 0.351. The Hall–Kier alpha value is -2.48. The van der Waals surface area contributed by atoms with Crippen LogP contribution < -0.4 is 16.4 Å². The Morgan fingerprint density at radius 3 is 3.00 bits per heavy atom. The zero-order valence-electron chi connectivity index (χ0n) is 13.5. The fraction of sp³-hybridized carbons (Fsp3) is 0.500. The molecular formula is C16H22N6O2. The smallest absolute Gasteiger partial charge is 0.290 e. The molecule has 3 rings (SSSR count). The van der Waals surface area contributed by atoms with Gasteiger partial charge in [0.15, 0.2) is 5.82 Å². The van der Waals surface area contributed by atoms with E-state index in [1.165, 1.54) is 23.4 Å². The van der Waals surface area contributed by atoms with E-state index in [9.17, 15) is 9.59 Å². The molecular weight excluding hydrogens is 308 g/mol. The summed E-state index contributed by atoms with van der Waals surface area (Å²) < 4.78 is 1.49. The van der Waals surface area contributed by atoms with E-state index in [1.54, 1.807) is 18.5 Å². The minimum absolute atomic E-state index is 0.0794. The number of likely N-dealkylation sites (tertiary alicyclic amines) is 1. The van der Waals surface area contributed by atoms with E-state index >= 15 is 0 Å². The monoisotopic (exact) mass is 330 g/mol. The van der Waals surface area contributed by atoms with Crippen molar-refractivity contribution in [1.29, 1.82) is 0 Å². The number of rotatable bonds is 6. The molecule has 0 saturated carbocycles. The zero-order valence-corrected chi connectivity index (χ0v) is 13.5. The van der Waals surface area contributed by atoms with Crippen LogP contribution in [0.5, 0.6) is 0 Å². The van der Waals surface area contributed by atoms with E-state index in [0.717, 1.165) is 25.9 Å². The molecule has 1 aliphatic rings. The summed E-state index contributed by atoms with van der Waals surface area (Å²) >= 11 is 0. The van der Waals surface area contributed by atoms with Crippen LogP contribution in [0.4, 0.5) is 5.82 Å². The summed E-state index contributed by atoms with van der Waals surface area (Å²) in [6.45, 7) is 2.99. The van der Waals surface area contributed by atoms with Crippen molar-refractivity contribution < 1.29 is 0 Å². The number of aromatic nitrogens is 4. The van der Waals surface area contributed by atoms with E-state index in [4.69, 9.17) is 0 Å². The second-order valence-corrected chi connectivity index (χ2v) is 5.92. The second kappa shape index (κ2) is 7.87. The lowest BCUT2D eigenvalue weighted by Crippen LogP contribution is -2.46. The van der Waals surface area contributed by atoms with Gasteiger partial charge in [-0.05, 0) is 25.5 Å². The molecule has 128 valence electrons. The molecule has 0 amide bonds. The number of piperidine rings is 1. The van der Waals surface area contributed by atoms with Gasteiger partial charge in [-0.3, -0.25) is 14.5 Å². The number of nitrogens with zero attached hydrogens (tertiary/aromatic N) is 4. The number of hydrogen-bond donors (Lipinski definition) is 2. The van der Waals surface area contributed by atoms with Gasteiger partial charge < -0.3 is 10.3 Å². The minimum Gasteiger partial charge on any atom is -0.364 e. The van der Waals surface area contributed by atoms with E-state index < -0.39 is 0 Å². The maximum atomic E-state index is 11.7. The van der Waals surface area contributed by atoms with Gasteiger partial charge >= 0.3 is 0 Å². The molecule has 1 fully saturated rings. The normalized spacial score (nSPS) is 18.4. The largest absolute Gasteiger partial charge is 0.364 e. The van der Waals surface area contributed by atoms with Gasteiger partial charge in [0, 0.05) is 43.8 Å². The summed E-state index contributed by atoms with van der Waals surface area (Å²) in [4.78, 5) is 32.5. The first-order valence-electron chi connectivity index (χ1n) is 8.28. The molecule has 2 aromatic heterocycles. The molecule has 0 spiro atoms. The first-order chi connectivity index (χ1) is 11.7. The highest BCUT2D eigenvalue weighted by Gasteiger charge is 2.22. The SMILES string of the molecule is O=c1[nH]ccnc1NCC1CCCCN1CCn1ncccc1=O. The van der Waals surface area contributed by atoms with Gasteiger partial charge in [0.2, 0.25) is 0 Å². The Morgan fingerprint density at radius 2 is 2.17 bits per heavy atom. The Bertz CT molecular complexity index is 706. The summed E-state index contributed by atoms with van der Waals surface area (Å²) in [7, 11) is 0. The molecule has 0 aliphatic carbocycles. The molecule has 2 N–H and O–H groups in total. The van der Waals surface area contributed by atoms with Crippen molar-refractivity contribution in [1.82, 2.24) is 24.6 Å². The average molecular weight is 330 g/mol. The predicted octanol–water partition coefficient (Wildman–Crippen LogP) is 0.293. The third-order valence-corrected chi connectivity index (χ3v) is 4.35. The standard InChI is InChI=1S/C16H22N6O2/c23-14-5-3-6-20-22(14)11-10-21-9-2-1-4-13(21)12-19-15-16(24)18-8-7-17-15/h3,5-8,13H,1-2,4,9-12H2,(H,17,19)(H,18,24). The quantitative estimate of drug-likeness (QED) is 0.790. The van der Waals surface area contributed by atoms with Crippen LogP contribution in [0, 0.1) is 0 Å². The van der Waals surface area contributed by atoms with Crippen molar-refractivity contribution in [3.8, 4) is 0 Å². The number of H-pyrrole nitrogens is 1. The third kappa shape index (κ3) is 4.08. The molecule has 1 unspecified atom stereocenters. The fourth-order valence-electron chi connectivity index (χ4n) is 3.06. The van der Waals surface area contributed by atoms with Gasteiger partial charge in [-0.25, -0.2) is 9.67 Å². The molecule has 8 nitrogen and oxygen atoms in total. The number of aromatic amines is 1. The van der Waals surface area contributed by atoms with Crippen LogP contribution in [0.2, 0.25) is 0 Å². The van der Waals surface area contributed by atoms with Crippen molar-refractivity contribution in [3.63, 3.8) is 0 Å².